The monoisotopic (exact) mass is 551 g/mol. The molecular weight excluding hydrogens is 539 g/mol. The summed E-state index contributed by atoms with van der Waals surface area (Å²) in [5.41, 5.74) is -0.680. The summed E-state index contributed by atoms with van der Waals surface area (Å²) in [5, 5.41) is 16.4. The minimum absolute atomic E-state index is 0.0348. The van der Waals surface area contributed by atoms with Gasteiger partial charge in [-0.3, -0.25) is 0 Å². The van der Waals surface area contributed by atoms with Gasteiger partial charge in [-0.15, -0.1) is 5.10 Å². The van der Waals surface area contributed by atoms with Gasteiger partial charge in [0, 0.05) is 10.0 Å². The van der Waals surface area contributed by atoms with E-state index in [4.69, 9.17) is 0 Å². The molecule has 1 N–H and O–H groups in total. The number of hydrogen-bond acceptors (Lipinski definition) is 5. The van der Waals surface area contributed by atoms with E-state index in [-0.39, 0.29) is 16.9 Å². The lowest BCUT2D eigenvalue weighted by Crippen LogP contribution is -2.09. The Morgan fingerprint density at radius 2 is 1.65 bits per heavy atom. The van der Waals surface area contributed by atoms with Gasteiger partial charge in [-0.1, -0.05) is 45.4 Å². The lowest BCUT2D eigenvalue weighted by molar-refractivity contribution is -0.137. The average Bonchev–Trinajstić information content (AvgIpc) is 3.25. The Bertz CT molecular complexity index is 1500. The third-order valence-corrected chi connectivity index (χ3v) is 7.01. The molecule has 0 amide bonds. The van der Waals surface area contributed by atoms with Crippen molar-refractivity contribution in [2.24, 2.45) is 0 Å². The molecule has 0 aliphatic rings. The van der Waals surface area contributed by atoms with Gasteiger partial charge in [0.2, 0.25) is 14.9 Å². The number of aromatic nitrogens is 3. The number of carboxylic acid groups (broad SMARTS) is 1. The van der Waals surface area contributed by atoms with E-state index >= 15 is 0 Å². The Kier molecular flexibility index (Phi) is 6.04. The largest absolute Gasteiger partial charge is 0.478 e. The Morgan fingerprint density at radius 3 is 2.29 bits per heavy atom. The summed E-state index contributed by atoms with van der Waals surface area (Å²) in [5.74, 6) is -1.20. The number of aromatic carboxylic acids is 1. The van der Waals surface area contributed by atoms with Crippen molar-refractivity contribution in [1.82, 2.24) is 15.0 Å². The molecule has 0 atom stereocenters. The summed E-state index contributed by atoms with van der Waals surface area (Å²) < 4.78 is 68.2. The van der Waals surface area contributed by atoms with Gasteiger partial charge in [0.05, 0.1) is 21.7 Å². The number of rotatable bonds is 5. The van der Waals surface area contributed by atoms with Crippen molar-refractivity contribution in [2.75, 3.05) is 0 Å². The molecule has 0 bridgehead atoms. The molecular formula is C22H13BrF3N3O4S. The molecule has 1 heterocycles. The Labute approximate surface area is 199 Å². The van der Waals surface area contributed by atoms with Crippen molar-refractivity contribution in [3.63, 3.8) is 0 Å². The Morgan fingerprint density at radius 1 is 0.971 bits per heavy atom. The molecule has 12 heteroatoms. The number of hydrogen-bond donors (Lipinski definition) is 1. The van der Waals surface area contributed by atoms with Gasteiger partial charge < -0.3 is 5.11 Å². The van der Waals surface area contributed by atoms with Gasteiger partial charge in [-0.05, 0) is 48.5 Å². The smallest absolute Gasteiger partial charge is 0.416 e. The maximum Gasteiger partial charge on any atom is 0.416 e. The first-order chi connectivity index (χ1) is 16.0. The standard InChI is InChI=1S/C22H13BrF3N3O4S/c23-16-9-7-13(8-10-16)19-20(27-28-29(19)17-5-1-3-14(11-17)21(30)31)34(32,33)18-6-2-4-15(12-18)22(24,25)26/h1-12H,(H,30,31). The van der Waals surface area contributed by atoms with Crippen LogP contribution in [0, 0.1) is 0 Å². The van der Waals surface area contributed by atoms with Gasteiger partial charge in [-0.25, -0.2) is 17.9 Å². The summed E-state index contributed by atoms with van der Waals surface area (Å²) in [4.78, 5) is 10.8. The Balaban J connectivity index is 1.96. The Hall–Kier alpha value is -3.51. The first-order valence-electron chi connectivity index (χ1n) is 9.46. The van der Waals surface area contributed by atoms with Crippen molar-refractivity contribution in [3.8, 4) is 16.9 Å². The highest BCUT2D eigenvalue weighted by atomic mass is 79.9. The summed E-state index contributed by atoms with van der Waals surface area (Å²) >= 11 is 3.29. The minimum Gasteiger partial charge on any atom is -0.478 e. The predicted octanol–water partition coefficient (Wildman–Crippen LogP) is 5.25. The fourth-order valence-electron chi connectivity index (χ4n) is 3.21. The van der Waals surface area contributed by atoms with Crippen molar-refractivity contribution in [2.45, 2.75) is 16.1 Å². The number of carboxylic acids is 1. The number of halogens is 4. The predicted molar refractivity (Wildman–Crippen MR) is 118 cm³/mol. The van der Waals surface area contributed by atoms with Crippen molar-refractivity contribution >= 4 is 31.7 Å². The molecule has 4 aromatic rings. The molecule has 0 radical (unpaired) electrons. The van der Waals surface area contributed by atoms with Crippen molar-refractivity contribution in [1.29, 1.82) is 0 Å². The van der Waals surface area contributed by atoms with Gasteiger partial charge in [-0.2, -0.15) is 13.2 Å². The highest BCUT2D eigenvalue weighted by Crippen LogP contribution is 2.35. The van der Waals surface area contributed by atoms with Crippen LogP contribution in [0.4, 0.5) is 13.2 Å². The molecule has 34 heavy (non-hydrogen) atoms. The molecule has 0 fully saturated rings. The molecule has 0 saturated carbocycles. The molecule has 0 aliphatic carbocycles. The second kappa shape index (κ2) is 8.69. The van der Waals surface area contributed by atoms with Crippen LogP contribution in [-0.2, 0) is 16.0 Å². The number of alkyl halides is 3. The molecule has 3 aromatic carbocycles. The van der Waals surface area contributed by atoms with Crippen LogP contribution in [-0.4, -0.2) is 34.5 Å². The fraction of sp³-hybridized carbons (Fsp3) is 0.0455. The highest BCUT2D eigenvalue weighted by molar-refractivity contribution is 9.10. The normalized spacial score (nSPS) is 12.0. The van der Waals surface area contributed by atoms with Crippen LogP contribution < -0.4 is 0 Å². The van der Waals surface area contributed by atoms with Gasteiger partial charge in [0.1, 0.15) is 5.69 Å². The van der Waals surface area contributed by atoms with Gasteiger partial charge >= 0.3 is 12.1 Å². The first-order valence-corrected chi connectivity index (χ1v) is 11.7. The fourth-order valence-corrected chi connectivity index (χ4v) is 4.84. The van der Waals surface area contributed by atoms with Crippen molar-refractivity contribution in [3.05, 3.63) is 88.4 Å². The summed E-state index contributed by atoms with van der Waals surface area (Å²) in [6.45, 7) is 0. The topological polar surface area (TPSA) is 102 Å². The van der Waals surface area contributed by atoms with E-state index in [1.165, 1.54) is 24.3 Å². The van der Waals surface area contributed by atoms with Gasteiger partial charge in [0.15, 0.2) is 0 Å². The van der Waals surface area contributed by atoms with E-state index in [1.807, 2.05) is 0 Å². The molecule has 1 aromatic heterocycles. The van der Waals surface area contributed by atoms with Crippen molar-refractivity contribution < 1.29 is 31.5 Å². The quantitative estimate of drug-likeness (QED) is 0.363. The third kappa shape index (κ3) is 4.46. The average molecular weight is 552 g/mol. The van der Waals surface area contributed by atoms with Crippen LogP contribution in [0.25, 0.3) is 16.9 Å². The highest BCUT2D eigenvalue weighted by Gasteiger charge is 2.34. The van der Waals surface area contributed by atoms with Crippen LogP contribution in [0.2, 0.25) is 0 Å². The lowest BCUT2D eigenvalue weighted by Gasteiger charge is -2.11. The number of sulfone groups is 1. The second-order valence-electron chi connectivity index (χ2n) is 7.05. The summed E-state index contributed by atoms with van der Waals surface area (Å²) in [6, 6.07) is 15.3. The maximum absolute atomic E-state index is 13.4. The SMILES string of the molecule is O=C(O)c1cccc(-n2nnc(S(=O)(=O)c3cccc(C(F)(F)F)c3)c2-c2ccc(Br)cc2)c1. The maximum atomic E-state index is 13.4. The van der Waals surface area contributed by atoms with E-state index in [0.29, 0.717) is 16.1 Å². The molecule has 0 spiro atoms. The molecule has 0 aliphatic heterocycles. The zero-order chi connectivity index (χ0) is 24.7. The molecule has 4 rings (SSSR count). The molecule has 0 saturated heterocycles. The second-order valence-corrected chi connectivity index (χ2v) is 9.83. The van der Waals surface area contributed by atoms with E-state index < -0.39 is 37.5 Å². The van der Waals surface area contributed by atoms with Gasteiger partial charge in [0.25, 0.3) is 0 Å². The number of benzene rings is 3. The summed E-state index contributed by atoms with van der Waals surface area (Å²) in [6.07, 6.45) is -4.74. The van der Waals surface area contributed by atoms with E-state index in [1.54, 1.807) is 24.3 Å². The van der Waals surface area contributed by atoms with Crippen LogP contribution in [0.15, 0.2) is 87.2 Å². The van der Waals surface area contributed by atoms with Crippen LogP contribution in [0.5, 0.6) is 0 Å². The molecule has 174 valence electrons. The zero-order valence-corrected chi connectivity index (χ0v) is 19.3. The van der Waals surface area contributed by atoms with E-state index in [9.17, 15) is 31.5 Å². The first kappa shape index (κ1) is 23.6. The van der Waals surface area contributed by atoms with E-state index in [0.717, 1.165) is 22.9 Å². The molecule has 7 nitrogen and oxygen atoms in total. The van der Waals surface area contributed by atoms with Crippen LogP contribution >= 0.6 is 15.9 Å². The lowest BCUT2D eigenvalue weighted by atomic mass is 10.1. The van der Waals surface area contributed by atoms with Crippen LogP contribution in [0.3, 0.4) is 0 Å². The number of carbonyl (C=O) groups is 1. The third-order valence-electron chi connectivity index (χ3n) is 4.82. The van der Waals surface area contributed by atoms with E-state index in [2.05, 4.69) is 26.2 Å². The van der Waals surface area contributed by atoms with Crippen LogP contribution in [0.1, 0.15) is 15.9 Å². The zero-order valence-electron chi connectivity index (χ0n) is 16.9. The number of nitrogens with zero attached hydrogens (tertiary/aromatic N) is 3. The molecule has 0 unspecified atom stereocenters. The minimum atomic E-state index is -4.74. The summed E-state index contributed by atoms with van der Waals surface area (Å²) in [7, 11) is -4.55.